The van der Waals surface area contributed by atoms with Gasteiger partial charge in [0.1, 0.15) is 0 Å². The monoisotopic (exact) mass is 364 g/mol. The molecule has 5 heteroatoms. The summed E-state index contributed by atoms with van der Waals surface area (Å²) in [4.78, 5) is 12.7. The van der Waals surface area contributed by atoms with Crippen LogP contribution in [0.4, 0.5) is 0 Å². The van der Waals surface area contributed by atoms with E-state index < -0.39 is 6.04 Å². The van der Waals surface area contributed by atoms with Crippen molar-refractivity contribution in [1.82, 2.24) is 5.32 Å². The molecule has 0 spiro atoms. The molecular formula is C20H29ClN2O2. The summed E-state index contributed by atoms with van der Waals surface area (Å²) in [5, 5.41) is 13.3. The Hall–Kier alpha value is -1.10. The van der Waals surface area contributed by atoms with Gasteiger partial charge in [0.25, 0.3) is 0 Å². The molecule has 0 aromatic heterocycles. The summed E-state index contributed by atoms with van der Waals surface area (Å²) in [6.45, 7) is 0.258. The van der Waals surface area contributed by atoms with Crippen molar-refractivity contribution in [2.24, 2.45) is 23.0 Å². The normalized spacial score (nSPS) is 36.6. The third-order valence-corrected chi connectivity index (χ3v) is 6.54. The second-order valence-electron chi connectivity index (χ2n) is 8.68. The summed E-state index contributed by atoms with van der Waals surface area (Å²) >= 11 is 0. The van der Waals surface area contributed by atoms with Gasteiger partial charge in [-0.15, -0.1) is 12.4 Å². The molecule has 1 aromatic rings. The van der Waals surface area contributed by atoms with Gasteiger partial charge < -0.3 is 16.2 Å². The fourth-order valence-electron chi connectivity index (χ4n) is 6.10. The predicted octanol–water partition coefficient (Wildman–Crippen LogP) is 2.43. The van der Waals surface area contributed by atoms with Crippen molar-refractivity contribution >= 4 is 18.3 Å². The van der Waals surface area contributed by atoms with E-state index in [9.17, 15) is 9.90 Å². The van der Waals surface area contributed by atoms with Gasteiger partial charge in [0.05, 0.1) is 6.04 Å². The van der Waals surface area contributed by atoms with Gasteiger partial charge in [-0.3, -0.25) is 4.79 Å². The molecule has 4 aliphatic carbocycles. The Morgan fingerprint density at radius 2 is 1.84 bits per heavy atom. The fourth-order valence-corrected chi connectivity index (χ4v) is 6.10. The summed E-state index contributed by atoms with van der Waals surface area (Å²) in [5.41, 5.74) is 7.19. The molecule has 0 saturated heterocycles. The van der Waals surface area contributed by atoms with Crippen molar-refractivity contribution in [1.29, 1.82) is 0 Å². The lowest BCUT2D eigenvalue weighted by molar-refractivity contribution is -0.136. The molecule has 138 valence electrons. The van der Waals surface area contributed by atoms with Crippen molar-refractivity contribution in [3.63, 3.8) is 0 Å². The first-order chi connectivity index (χ1) is 11.5. The summed E-state index contributed by atoms with van der Waals surface area (Å²) in [6.07, 6.45) is 7.16. The Balaban J connectivity index is 0.00000182. The number of aliphatic hydroxyl groups is 1. The second kappa shape index (κ2) is 6.90. The largest absolute Gasteiger partial charge is 0.396 e. The minimum absolute atomic E-state index is 0. The first kappa shape index (κ1) is 18.7. The maximum Gasteiger partial charge on any atom is 0.237 e. The number of carbonyl (C=O) groups is 1. The maximum absolute atomic E-state index is 12.7. The average molecular weight is 365 g/mol. The summed E-state index contributed by atoms with van der Waals surface area (Å²) in [5.74, 6) is 1.28. The first-order valence-electron chi connectivity index (χ1n) is 9.24. The highest BCUT2D eigenvalue weighted by Gasteiger charge is 2.58. The predicted molar refractivity (Wildman–Crippen MR) is 100 cm³/mol. The van der Waals surface area contributed by atoms with Gasteiger partial charge in [-0.05, 0) is 67.8 Å². The molecule has 0 radical (unpaired) electrons. The summed E-state index contributed by atoms with van der Waals surface area (Å²) in [6, 6.07) is 9.44. The first-order valence-corrected chi connectivity index (χ1v) is 9.24. The molecule has 2 unspecified atom stereocenters. The van der Waals surface area contributed by atoms with Crippen LogP contribution in [0, 0.1) is 17.3 Å². The van der Waals surface area contributed by atoms with Gasteiger partial charge in [0.2, 0.25) is 5.91 Å². The molecule has 0 aliphatic heterocycles. The average Bonchev–Trinajstić information content (AvgIpc) is 2.54. The van der Waals surface area contributed by atoms with Crippen LogP contribution in [0.3, 0.4) is 0 Å². The van der Waals surface area contributed by atoms with E-state index in [2.05, 4.69) is 5.32 Å². The molecular weight excluding hydrogens is 336 g/mol. The molecule has 1 aromatic carbocycles. The van der Waals surface area contributed by atoms with Crippen LogP contribution in [0.2, 0.25) is 0 Å². The van der Waals surface area contributed by atoms with Crippen LogP contribution in [-0.2, 0) is 11.2 Å². The molecule has 0 heterocycles. The lowest BCUT2D eigenvalue weighted by Gasteiger charge is -2.62. The molecule has 4 fully saturated rings. The number of nitrogens with one attached hydrogen (secondary N) is 1. The number of rotatable bonds is 5. The molecule has 4 nitrogen and oxygen atoms in total. The van der Waals surface area contributed by atoms with E-state index >= 15 is 0 Å². The lowest BCUT2D eigenvalue weighted by atomic mass is 9.47. The Bertz CT molecular complexity index is 607. The van der Waals surface area contributed by atoms with Gasteiger partial charge in [-0.2, -0.15) is 0 Å². The highest BCUT2D eigenvalue weighted by molar-refractivity contribution is 5.85. The quantitative estimate of drug-likeness (QED) is 0.751. The number of nitrogens with two attached hydrogens (primary N) is 1. The molecule has 3 atom stereocenters. The number of hydrogen-bond donors (Lipinski definition) is 3. The van der Waals surface area contributed by atoms with Crippen molar-refractivity contribution in [3.8, 4) is 0 Å². The van der Waals surface area contributed by atoms with E-state index in [0.717, 1.165) is 37.7 Å². The van der Waals surface area contributed by atoms with Gasteiger partial charge >= 0.3 is 0 Å². The maximum atomic E-state index is 12.7. The molecule has 4 bridgehead atoms. The number of halogens is 1. The number of amides is 1. The van der Waals surface area contributed by atoms with E-state index in [4.69, 9.17) is 5.73 Å². The molecule has 1 amide bonds. The third-order valence-electron chi connectivity index (χ3n) is 6.54. The van der Waals surface area contributed by atoms with Crippen LogP contribution < -0.4 is 11.1 Å². The van der Waals surface area contributed by atoms with E-state index in [1.54, 1.807) is 0 Å². The van der Waals surface area contributed by atoms with Gasteiger partial charge in [0, 0.05) is 12.1 Å². The second-order valence-corrected chi connectivity index (χ2v) is 8.68. The SMILES string of the molecule is Cl.N[C@@H](Cc1ccccc1)C(=O)NC12CC3CC(CC(CO)(C3)C1)C2. The van der Waals surface area contributed by atoms with Crippen LogP contribution in [-0.4, -0.2) is 29.2 Å². The smallest absolute Gasteiger partial charge is 0.237 e. The van der Waals surface area contributed by atoms with Crippen LogP contribution in [0.1, 0.15) is 44.1 Å². The lowest BCUT2D eigenvalue weighted by Crippen LogP contribution is -2.65. The number of benzene rings is 1. The minimum Gasteiger partial charge on any atom is -0.396 e. The van der Waals surface area contributed by atoms with Crippen molar-refractivity contribution in [2.75, 3.05) is 6.61 Å². The van der Waals surface area contributed by atoms with Crippen molar-refractivity contribution < 1.29 is 9.90 Å². The van der Waals surface area contributed by atoms with E-state index in [1.807, 2.05) is 30.3 Å². The molecule has 4 N–H and O–H groups in total. The standard InChI is InChI=1S/C20H28N2O2.ClH/c21-17(7-14-4-2-1-3-5-14)18(24)22-20-10-15-6-16(11-20)9-19(8-15,12-20)13-23;/h1-5,15-17,23H,6-13,21H2,(H,22,24);1H/t15?,16?,17-,19?,20?;/m0./s1. The zero-order valence-corrected chi connectivity index (χ0v) is 15.4. The molecule has 25 heavy (non-hydrogen) atoms. The zero-order valence-electron chi connectivity index (χ0n) is 14.6. The molecule has 4 saturated carbocycles. The Morgan fingerprint density at radius 3 is 2.44 bits per heavy atom. The van der Waals surface area contributed by atoms with Crippen LogP contribution in [0.15, 0.2) is 30.3 Å². The van der Waals surface area contributed by atoms with Gasteiger partial charge in [-0.25, -0.2) is 0 Å². The topological polar surface area (TPSA) is 75.4 Å². The Kier molecular flexibility index (Phi) is 5.16. The van der Waals surface area contributed by atoms with Crippen molar-refractivity contribution in [3.05, 3.63) is 35.9 Å². The Morgan fingerprint density at radius 1 is 1.20 bits per heavy atom. The zero-order chi connectivity index (χ0) is 16.8. The summed E-state index contributed by atoms with van der Waals surface area (Å²) < 4.78 is 0. The molecule has 4 aliphatic rings. The van der Waals surface area contributed by atoms with Gasteiger partial charge in [0.15, 0.2) is 0 Å². The number of hydrogen-bond acceptors (Lipinski definition) is 3. The van der Waals surface area contributed by atoms with Gasteiger partial charge in [-0.1, -0.05) is 30.3 Å². The highest BCUT2D eigenvalue weighted by Crippen LogP contribution is 2.61. The molecule has 5 rings (SSSR count). The third kappa shape index (κ3) is 3.57. The van der Waals surface area contributed by atoms with Crippen molar-refractivity contribution in [2.45, 2.75) is 56.5 Å². The van der Waals surface area contributed by atoms with Crippen LogP contribution in [0.25, 0.3) is 0 Å². The van der Waals surface area contributed by atoms with E-state index in [1.165, 1.54) is 6.42 Å². The number of carbonyl (C=O) groups excluding carboxylic acids is 1. The summed E-state index contributed by atoms with van der Waals surface area (Å²) in [7, 11) is 0. The van der Waals surface area contributed by atoms with E-state index in [-0.39, 0.29) is 35.9 Å². The van der Waals surface area contributed by atoms with Crippen LogP contribution >= 0.6 is 12.4 Å². The number of aliphatic hydroxyl groups excluding tert-OH is 1. The minimum atomic E-state index is -0.509. The highest BCUT2D eigenvalue weighted by atomic mass is 35.5. The Labute approximate surface area is 156 Å². The van der Waals surface area contributed by atoms with Crippen LogP contribution in [0.5, 0.6) is 0 Å². The fraction of sp³-hybridized carbons (Fsp3) is 0.650. The van der Waals surface area contributed by atoms with E-state index in [0.29, 0.717) is 18.3 Å².